The Morgan fingerprint density at radius 3 is 3.05 bits per heavy atom. The van der Waals surface area contributed by atoms with E-state index in [4.69, 9.17) is 9.47 Å². The molecule has 114 valence electrons. The molecule has 1 unspecified atom stereocenters. The molecule has 6 heteroatoms. The van der Waals surface area contributed by atoms with Gasteiger partial charge >= 0.3 is 0 Å². The van der Waals surface area contributed by atoms with E-state index in [9.17, 15) is 9.59 Å². The van der Waals surface area contributed by atoms with E-state index in [1.165, 1.54) is 6.07 Å². The Kier molecular flexibility index (Phi) is 3.71. The summed E-state index contributed by atoms with van der Waals surface area (Å²) in [7, 11) is 0. The number of hydrogen-bond donors (Lipinski definition) is 1. The molecule has 2 aliphatic rings. The molecule has 6 nitrogen and oxygen atoms in total. The Hall–Kier alpha value is -1.82. The maximum atomic E-state index is 12.2. The van der Waals surface area contributed by atoms with Crippen molar-refractivity contribution >= 4 is 5.91 Å². The van der Waals surface area contributed by atoms with E-state index < -0.39 is 0 Å². The van der Waals surface area contributed by atoms with Gasteiger partial charge in [0.2, 0.25) is 5.43 Å². The van der Waals surface area contributed by atoms with Gasteiger partial charge in [0.25, 0.3) is 5.91 Å². The van der Waals surface area contributed by atoms with E-state index in [-0.39, 0.29) is 22.6 Å². The molecular formula is C15H20N2O4. The number of carbonyl (C=O) groups is 1. The van der Waals surface area contributed by atoms with Gasteiger partial charge in [-0.2, -0.15) is 0 Å². The van der Waals surface area contributed by atoms with E-state index in [0.29, 0.717) is 32.1 Å². The van der Waals surface area contributed by atoms with Gasteiger partial charge < -0.3 is 19.4 Å². The molecule has 0 aliphatic carbocycles. The van der Waals surface area contributed by atoms with Crippen LogP contribution in [0.1, 0.15) is 36.7 Å². The molecule has 3 rings (SSSR count). The molecule has 1 aromatic heterocycles. The number of amides is 1. The van der Waals surface area contributed by atoms with Crippen molar-refractivity contribution in [2.45, 2.75) is 31.7 Å². The fraction of sp³-hybridized carbons (Fsp3) is 0.600. The number of rotatable bonds is 4. The summed E-state index contributed by atoms with van der Waals surface area (Å²) in [5, 5.41) is 2.87. The highest BCUT2D eigenvalue weighted by Crippen LogP contribution is 2.32. The standard InChI is InChI=1S/C15H20N2O4/c1-2-3-7-21-13-11(18)4-6-17-12(13)14(19)16-9-15(17)5-8-20-10-15/h4,6H,2-3,5,7-10H2,1H3,(H,16,19). The number of carbonyl (C=O) groups excluding carboxylic acids is 1. The van der Waals surface area contributed by atoms with Gasteiger partial charge in [0.1, 0.15) is 0 Å². The van der Waals surface area contributed by atoms with Crippen LogP contribution in [0.4, 0.5) is 0 Å². The van der Waals surface area contributed by atoms with Gasteiger partial charge in [0.15, 0.2) is 11.4 Å². The molecule has 1 saturated heterocycles. The van der Waals surface area contributed by atoms with Crippen LogP contribution in [-0.2, 0) is 10.3 Å². The molecule has 0 aromatic carbocycles. The summed E-state index contributed by atoms with van der Waals surface area (Å²) >= 11 is 0. The van der Waals surface area contributed by atoms with Crippen LogP contribution in [0.15, 0.2) is 17.1 Å². The van der Waals surface area contributed by atoms with Crippen molar-refractivity contribution in [3.05, 3.63) is 28.2 Å². The molecule has 0 radical (unpaired) electrons. The number of hydrogen-bond acceptors (Lipinski definition) is 4. The number of unbranched alkanes of at least 4 members (excludes halogenated alkanes) is 1. The first-order valence-corrected chi connectivity index (χ1v) is 7.43. The first kappa shape index (κ1) is 14.1. The summed E-state index contributed by atoms with van der Waals surface area (Å²) in [5.74, 6) is -0.0915. The van der Waals surface area contributed by atoms with Crippen molar-refractivity contribution in [1.82, 2.24) is 9.88 Å². The van der Waals surface area contributed by atoms with Crippen LogP contribution >= 0.6 is 0 Å². The minimum Gasteiger partial charge on any atom is -0.487 e. The lowest BCUT2D eigenvalue weighted by Crippen LogP contribution is -2.53. The molecule has 1 amide bonds. The average Bonchev–Trinajstić information content (AvgIpc) is 2.95. The zero-order valence-electron chi connectivity index (χ0n) is 12.2. The van der Waals surface area contributed by atoms with E-state index in [0.717, 1.165) is 19.3 Å². The predicted molar refractivity (Wildman–Crippen MR) is 76.8 cm³/mol. The smallest absolute Gasteiger partial charge is 0.272 e. The Morgan fingerprint density at radius 2 is 2.33 bits per heavy atom. The molecule has 2 aliphatic heterocycles. The van der Waals surface area contributed by atoms with E-state index in [1.807, 2.05) is 11.5 Å². The van der Waals surface area contributed by atoms with Gasteiger partial charge in [-0.05, 0) is 12.8 Å². The number of nitrogens with zero attached hydrogens (tertiary/aromatic N) is 1. The van der Waals surface area contributed by atoms with Gasteiger partial charge in [0.05, 0.1) is 18.8 Å². The van der Waals surface area contributed by atoms with Crippen LogP contribution < -0.4 is 15.5 Å². The lowest BCUT2D eigenvalue weighted by Gasteiger charge is -2.37. The second kappa shape index (κ2) is 5.52. The van der Waals surface area contributed by atoms with Gasteiger partial charge in [-0.15, -0.1) is 0 Å². The summed E-state index contributed by atoms with van der Waals surface area (Å²) in [6, 6.07) is 1.48. The second-order valence-corrected chi connectivity index (χ2v) is 5.64. The quantitative estimate of drug-likeness (QED) is 0.837. The molecule has 1 spiro atoms. The molecule has 1 aromatic rings. The SMILES string of the molecule is CCCCOc1c2n(ccc1=O)C1(CCOC1)CNC2=O. The number of fused-ring (bicyclic) bond motifs is 2. The molecule has 1 fully saturated rings. The molecule has 0 bridgehead atoms. The topological polar surface area (TPSA) is 69.6 Å². The third kappa shape index (κ3) is 2.33. The normalized spacial score (nSPS) is 24.0. The third-order valence-corrected chi connectivity index (χ3v) is 4.19. The number of aromatic nitrogens is 1. The van der Waals surface area contributed by atoms with Crippen molar-refractivity contribution in [3.63, 3.8) is 0 Å². The second-order valence-electron chi connectivity index (χ2n) is 5.64. The summed E-state index contributed by atoms with van der Waals surface area (Å²) in [5.41, 5.74) is -0.210. The summed E-state index contributed by atoms with van der Waals surface area (Å²) in [6.07, 6.45) is 4.33. The number of nitrogens with one attached hydrogen (secondary N) is 1. The van der Waals surface area contributed by atoms with Crippen LogP contribution in [0.25, 0.3) is 0 Å². The van der Waals surface area contributed by atoms with Crippen LogP contribution in [0.5, 0.6) is 5.75 Å². The van der Waals surface area contributed by atoms with Crippen molar-refractivity contribution in [2.24, 2.45) is 0 Å². The van der Waals surface area contributed by atoms with Gasteiger partial charge in [0, 0.05) is 25.4 Å². The maximum absolute atomic E-state index is 12.2. The van der Waals surface area contributed by atoms with Crippen molar-refractivity contribution in [2.75, 3.05) is 26.4 Å². The molecular weight excluding hydrogens is 272 g/mol. The van der Waals surface area contributed by atoms with Crippen molar-refractivity contribution < 1.29 is 14.3 Å². The van der Waals surface area contributed by atoms with Crippen LogP contribution in [0.3, 0.4) is 0 Å². The minimum absolute atomic E-state index is 0.162. The van der Waals surface area contributed by atoms with E-state index >= 15 is 0 Å². The first-order chi connectivity index (χ1) is 10.2. The third-order valence-electron chi connectivity index (χ3n) is 4.19. The highest BCUT2D eigenvalue weighted by atomic mass is 16.5. The molecule has 1 atom stereocenters. The average molecular weight is 292 g/mol. The van der Waals surface area contributed by atoms with Crippen molar-refractivity contribution in [3.8, 4) is 5.75 Å². The van der Waals surface area contributed by atoms with Crippen LogP contribution in [-0.4, -0.2) is 36.8 Å². The maximum Gasteiger partial charge on any atom is 0.272 e. The Morgan fingerprint density at radius 1 is 1.48 bits per heavy atom. The number of ether oxygens (including phenoxy) is 2. The van der Waals surface area contributed by atoms with E-state index in [2.05, 4.69) is 5.32 Å². The van der Waals surface area contributed by atoms with Crippen molar-refractivity contribution in [1.29, 1.82) is 0 Å². The monoisotopic (exact) mass is 292 g/mol. The van der Waals surface area contributed by atoms with Crippen LogP contribution in [0, 0.1) is 0 Å². The fourth-order valence-electron chi connectivity index (χ4n) is 2.92. The van der Waals surface area contributed by atoms with E-state index in [1.54, 1.807) is 6.20 Å². The molecule has 21 heavy (non-hydrogen) atoms. The summed E-state index contributed by atoms with van der Waals surface area (Å²) in [4.78, 5) is 24.3. The molecule has 1 N–H and O–H groups in total. The van der Waals surface area contributed by atoms with Gasteiger partial charge in [-0.25, -0.2) is 0 Å². The zero-order valence-corrected chi connectivity index (χ0v) is 12.2. The molecule has 3 heterocycles. The Balaban J connectivity index is 2.06. The zero-order chi connectivity index (χ0) is 14.9. The Bertz CT molecular complexity index is 602. The Labute approximate surface area is 123 Å². The summed E-state index contributed by atoms with van der Waals surface area (Å²) in [6.45, 7) is 4.22. The largest absolute Gasteiger partial charge is 0.487 e. The van der Waals surface area contributed by atoms with Gasteiger partial charge in [-0.1, -0.05) is 13.3 Å². The molecule has 0 saturated carbocycles. The predicted octanol–water partition coefficient (Wildman–Crippen LogP) is 0.886. The lowest BCUT2D eigenvalue weighted by molar-refractivity contribution is 0.0831. The highest BCUT2D eigenvalue weighted by molar-refractivity contribution is 5.96. The first-order valence-electron chi connectivity index (χ1n) is 7.43. The summed E-state index contributed by atoms with van der Waals surface area (Å²) < 4.78 is 13.0. The minimum atomic E-state index is -0.292. The number of pyridine rings is 1. The lowest BCUT2D eigenvalue weighted by atomic mass is 9.94. The fourth-order valence-corrected chi connectivity index (χ4v) is 2.92. The van der Waals surface area contributed by atoms with Gasteiger partial charge in [-0.3, -0.25) is 9.59 Å². The van der Waals surface area contributed by atoms with Crippen LogP contribution in [0.2, 0.25) is 0 Å². The highest BCUT2D eigenvalue weighted by Gasteiger charge is 2.43.